The number of nitrogens with zero attached hydrogens (tertiary/aromatic N) is 2. The smallest absolute Gasteiger partial charge is 0.162 e. The van der Waals surface area contributed by atoms with E-state index in [0.29, 0.717) is 12.0 Å². The number of rotatable bonds is 10. The van der Waals surface area contributed by atoms with Crippen molar-refractivity contribution in [2.75, 3.05) is 33.7 Å². The van der Waals surface area contributed by atoms with Gasteiger partial charge in [-0.05, 0) is 69.0 Å². The van der Waals surface area contributed by atoms with Crippen LogP contribution in [0.2, 0.25) is 0 Å². The molecular weight excluding hydrogens is 405 g/mol. The van der Waals surface area contributed by atoms with Gasteiger partial charge in [0.15, 0.2) is 5.78 Å². The van der Waals surface area contributed by atoms with Crippen LogP contribution in [0.4, 0.5) is 8.78 Å². The largest absolute Gasteiger partial charge is 0.305 e. The van der Waals surface area contributed by atoms with E-state index in [2.05, 4.69) is 9.80 Å². The molecule has 0 amide bonds. The fourth-order valence-electron chi connectivity index (χ4n) is 2.72. The Kier molecular flexibility index (Phi) is 12.9. The number of carbonyl (C=O) groups excluding carboxylic acids is 1. The lowest BCUT2D eigenvalue weighted by Crippen LogP contribution is -2.31. The second-order valence-electron chi connectivity index (χ2n) is 6.70. The van der Waals surface area contributed by atoms with Crippen LogP contribution in [0.15, 0.2) is 48.5 Å². The van der Waals surface area contributed by atoms with Crippen LogP contribution < -0.4 is 0 Å². The Morgan fingerprint density at radius 1 is 0.786 bits per heavy atom. The van der Waals surface area contributed by atoms with E-state index in [9.17, 15) is 13.6 Å². The van der Waals surface area contributed by atoms with Gasteiger partial charge in [0, 0.05) is 31.6 Å². The number of carbonyl (C=O) groups is 1. The summed E-state index contributed by atoms with van der Waals surface area (Å²) >= 11 is 0. The third-order valence-corrected chi connectivity index (χ3v) is 4.34. The van der Waals surface area contributed by atoms with Crippen molar-refractivity contribution in [2.24, 2.45) is 0 Å². The number of hydrogen-bond acceptors (Lipinski definition) is 3. The Bertz CT molecular complexity index is 697. The first-order chi connectivity index (χ1) is 12.4. The molecule has 0 spiro atoms. The van der Waals surface area contributed by atoms with Crippen LogP contribution in [0.5, 0.6) is 0 Å². The highest BCUT2D eigenvalue weighted by Crippen LogP contribution is 2.08. The highest BCUT2D eigenvalue weighted by Gasteiger charge is 2.08. The quantitative estimate of drug-likeness (QED) is 0.502. The minimum absolute atomic E-state index is 0. The molecule has 0 saturated heterocycles. The molecule has 2 rings (SSSR count). The molecule has 156 valence electrons. The molecule has 3 nitrogen and oxygen atoms in total. The van der Waals surface area contributed by atoms with Crippen LogP contribution in [-0.2, 0) is 6.54 Å². The zero-order valence-electron chi connectivity index (χ0n) is 16.2. The van der Waals surface area contributed by atoms with Crippen LogP contribution in [0.1, 0.15) is 28.8 Å². The van der Waals surface area contributed by atoms with Gasteiger partial charge in [0.2, 0.25) is 0 Å². The molecule has 0 aliphatic rings. The summed E-state index contributed by atoms with van der Waals surface area (Å²) in [7, 11) is 4.07. The van der Waals surface area contributed by atoms with Crippen LogP contribution in [0, 0.1) is 11.6 Å². The molecule has 0 aliphatic heterocycles. The van der Waals surface area contributed by atoms with Gasteiger partial charge in [0.1, 0.15) is 11.6 Å². The molecule has 0 aliphatic carbocycles. The van der Waals surface area contributed by atoms with Gasteiger partial charge in [0.25, 0.3) is 0 Å². The Morgan fingerprint density at radius 3 is 1.86 bits per heavy atom. The average Bonchev–Trinajstić information content (AvgIpc) is 2.62. The number of ketones is 1. The first kappa shape index (κ1) is 26.5. The van der Waals surface area contributed by atoms with E-state index in [1.165, 1.54) is 36.4 Å². The number of hydrogen-bond donors (Lipinski definition) is 0. The van der Waals surface area contributed by atoms with Crippen LogP contribution in [-0.4, -0.2) is 49.3 Å². The molecule has 0 heterocycles. The molecule has 0 fully saturated rings. The van der Waals surface area contributed by atoms with Gasteiger partial charge >= 0.3 is 0 Å². The van der Waals surface area contributed by atoms with E-state index >= 15 is 0 Å². The fourth-order valence-corrected chi connectivity index (χ4v) is 2.72. The molecule has 2 aromatic rings. The molecule has 0 saturated carbocycles. The SMILES string of the molecule is CN(CCCC(=O)c1ccc(F)cc1)CCN(C)Cc1ccc(F)cc1.Cl.Cl. The van der Waals surface area contributed by atoms with Gasteiger partial charge in [-0.25, -0.2) is 8.78 Å². The highest BCUT2D eigenvalue weighted by molar-refractivity contribution is 5.95. The Morgan fingerprint density at radius 2 is 1.29 bits per heavy atom. The second-order valence-corrected chi connectivity index (χ2v) is 6.70. The lowest BCUT2D eigenvalue weighted by atomic mass is 10.1. The number of benzene rings is 2. The van der Waals surface area contributed by atoms with E-state index in [0.717, 1.165) is 38.2 Å². The summed E-state index contributed by atoms with van der Waals surface area (Å²) in [5.74, 6) is -0.496. The maximum Gasteiger partial charge on any atom is 0.162 e. The molecule has 0 N–H and O–H groups in total. The van der Waals surface area contributed by atoms with Gasteiger partial charge in [-0.15, -0.1) is 24.8 Å². The zero-order chi connectivity index (χ0) is 18.9. The molecule has 0 atom stereocenters. The van der Waals surface area contributed by atoms with Crippen LogP contribution >= 0.6 is 24.8 Å². The van der Waals surface area contributed by atoms with Crippen LogP contribution in [0.3, 0.4) is 0 Å². The Balaban J connectivity index is 0.00000364. The van der Waals surface area contributed by atoms with Crippen LogP contribution in [0.25, 0.3) is 0 Å². The van der Waals surface area contributed by atoms with Crippen molar-refractivity contribution in [2.45, 2.75) is 19.4 Å². The average molecular weight is 433 g/mol. The zero-order valence-corrected chi connectivity index (χ0v) is 17.9. The van der Waals surface area contributed by atoms with Crippen molar-refractivity contribution >= 4 is 30.6 Å². The van der Waals surface area contributed by atoms with Gasteiger partial charge < -0.3 is 9.80 Å². The number of Topliss-reactive ketones (excluding diaryl/α,β-unsaturated/α-hetero) is 1. The normalized spacial score (nSPS) is 10.5. The number of likely N-dealkylation sites (N-methyl/N-ethyl adjacent to an activating group) is 2. The molecule has 0 aromatic heterocycles. The monoisotopic (exact) mass is 432 g/mol. The van der Waals surface area contributed by atoms with Crippen molar-refractivity contribution in [1.29, 1.82) is 0 Å². The highest BCUT2D eigenvalue weighted by atomic mass is 35.5. The maximum absolute atomic E-state index is 12.9. The summed E-state index contributed by atoms with van der Waals surface area (Å²) in [6, 6.07) is 12.3. The third-order valence-electron chi connectivity index (χ3n) is 4.34. The summed E-state index contributed by atoms with van der Waals surface area (Å²) in [6.45, 7) is 3.39. The van der Waals surface area contributed by atoms with E-state index < -0.39 is 0 Å². The first-order valence-corrected chi connectivity index (χ1v) is 8.84. The lowest BCUT2D eigenvalue weighted by Gasteiger charge is -2.22. The standard InChI is InChI=1S/C21H26F2N2O.2ClH/c1-24(13-3-4-21(26)18-7-11-20(23)12-8-18)14-15-25(2)16-17-5-9-19(22)10-6-17;;/h5-12H,3-4,13-16H2,1-2H3;2*1H. The fraction of sp³-hybridized carbons (Fsp3) is 0.381. The van der Waals surface area contributed by atoms with Crippen molar-refractivity contribution in [3.8, 4) is 0 Å². The van der Waals surface area contributed by atoms with Gasteiger partial charge in [0.05, 0.1) is 0 Å². The summed E-state index contributed by atoms with van der Waals surface area (Å²) in [4.78, 5) is 16.4. The minimum atomic E-state index is -0.328. The molecule has 0 unspecified atom stereocenters. The Hall–Kier alpha value is -1.53. The maximum atomic E-state index is 12.9. The summed E-state index contributed by atoms with van der Waals surface area (Å²) in [5.41, 5.74) is 1.65. The summed E-state index contributed by atoms with van der Waals surface area (Å²) in [6.07, 6.45) is 1.23. The molecule has 2 aromatic carbocycles. The minimum Gasteiger partial charge on any atom is -0.305 e. The van der Waals surface area contributed by atoms with Gasteiger partial charge in [-0.1, -0.05) is 12.1 Å². The van der Waals surface area contributed by atoms with Crippen molar-refractivity contribution in [3.05, 3.63) is 71.3 Å². The van der Waals surface area contributed by atoms with Gasteiger partial charge in [-0.2, -0.15) is 0 Å². The molecule has 0 bridgehead atoms. The summed E-state index contributed by atoms with van der Waals surface area (Å²) < 4.78 is 25.8. The predicted molar refractivity (Wildman–Crippen MR) is 115 cm³/mol. The number of halogens is 4. The molecule has 28 heavy (non-hydrogen) atoms. The van der Waals surface area contributed by atoms with Crippen molar-refractivity contribution < 1.29 is 13.6 Å². The van der Waals surface area contributed by atoms with E-state index in [4.69, 9.17) is 0 Å². The molecule has 0 radical (unpaired) electrons. The van der Waals surface area contributed by atoms with E-state index in [1.807, 2.05) is 14.1 Å². The summed E-state index contributed by atoms with van der Waals surface area (Å²) in [5, 5.41) is 0. The van der Waals surface area contributed by atoms with Gasteiger partial charge in [-0.3, -0.25) is 4.79 Å². The molecule has 7 heteroatoms. The van der Waals surface area contributed by atoms with Crippen molar-refractivity contribution in [3.63, 3.8) is 0 Å². The van der Waals surface area contributed by atoms with E-state index in [1.54, 1.807) is 12.1 Å². The topological polar surface area (TPSA) is 23.6 Å². The second kappa shape index (κ2) is 13.6. The first-order valence-electron chi connectivity index (χ1n) is 8.84. The Labute approximate surface area is 178 Å². The van der Waals surface area contributed by atoms with Crippen molar-refractivity contribution in [1.82, 2.24) is 9.80 Å². The third kappa shape index (κ3) is 9.60. The lowest BCUT2D eigenvalue weighted by molar-refractivity contribution is 0.0975. The predicted octanol–water partition coefficient (Wildman–Crippen LogP) is 4.84. The van der Waals surface area contributed by atoms with E-state index in [-0.39, 0.29) is 42.2 Å². The molecular formula is C21H28Cl2F2N2O.